The zero-order chi connectivity index (χ0) is 21.0. The number of hydrogen-bond acceptors (Lipinski definition) is 6. The van der Waals surface area contributed by atoms with Crippen LogP contribution in [0.25, 0.3) is 0 Å². The molecule has 2 aliphatic carbocycles. The minimum atomic E-state index is -3.02. The number of hydrogen-bond donors (Lipinski definition) is 2. The lowest BCUT2D eigenvalue weighted by Crippen LogP contribution is -2.43. The summed E-state index contributed by atoms with van der Waals surface area (Å²) >= 11 is 0. The number of guanidine groups is 1. The Hall–Kier alpha value is -1.94. The maximum Gasteiger partial charge on any atom is 0.233 e. The number of imide groups is 1. The van der Waals surface area contributed by atoms with Crippen LogP contribution in [0, 0.1) is 23.7 Å². The lowest BCUT2D eigenvalue weighted by Gasteiger charge is -2.18. The highest BCUT2D eigenvalue weighted by atomic mass is 32.2. The van der Waals surface area contributed by atoms with Crippen molar-refractivity contribution in [2.24, 2.45) is 28.7 Å². The molecule has 2 bridgehead atoms. The van der Waals surface area contributed by atoms with E-state index in [0.29, 0.717) is 38.7 Å². The van der Waals surface area contributed by atoms with E-state index < -0.39 is 9.84 Å². The van der Waals surface area contributed by atoms with Gasteiger partial charge in [-0.1, -0.05) is 12.2 Å². The van der Waals surface area contributed by atoms with Crippen LogP contribution in [0.1, 0.15) is 13.3 Å². The third-order valence-corrected chi connectivity index (χ3v) is 6.55. The van der Waals surface area contributed by atoms with Gasteiger partial charge < -0.3 is 15.4 Å². The van der Waals surface area contributed by atoms with Gasteiger partial charge >= 0.3 is 0 Å². The number of ether oxygens (including phenoxy) is 1. The topological polar surface area (TPSA) is 117 Å². The third-order valence-electron chi connectivity index (χ3n) is 5.64. The number of nitrogens with zero attached hydrogens (tertiary/aromatic N) is 2. The van der Waals surface area contributed by atoms with Gasteiger partial charge in [-0.3, -0.25) is 19.5 Å². The van der Waals surface area contributed by atoms with E-state index in [-0.39, 0.29) is 47.8 Å². The Balaban J connectivity index is 1.41. The van der Waals surface area contributed by atoms with E-state index >= 15 is 0 Å². The molecule has 4 unspecified atom stereocenters. The summed E-state index contributed by atoms with van der Waals surface area (Å²) in [6.07, 6.45) is 6.29. The summed E-state index contributed by atoms with van der Waals surface area (Å²) in [7, 11) is -3.02. The van der Waals surface area contributed by atoms with E-state index in [2.05, 4.69) is 27.8 Å². The second kappa shape index (κ2) is 9.25. The summed E-state index contributed by atoms with van der Waals surface area (Å²) in [6.45, 7) is 4.18. The summed E-state index contributed by atoms with van der Waals surface area (Å²) < 4.78 is 27.4. The van der Waals surface area contributed by atoms with Gasteiger partial charge in [-0.15, -0.1) is 0 Å². The minimum absolute atomic E-state index is 0.00779. The fourth-order valence-electron chi connectivity index (χ4n) is 4.35. The molecule has 2 N–H and O–H groups in total. The van der Waals surface area contributed by atoms with Crippen molar-refractivity contribution in [2.75, 3.05) is 51.4 Å². The first-order valence-electron chi connectivity index (χ1n) is 10.1. The molecular formula is C19H30N4O5S. The van der Waals surface area contributed by atoms with Crippen molar-refractivity contribution in [1.82, 2.24) is 15.5 Å². The largest absolute Gasteiger partial charge is 0.378 e. The number of carbonyl (C=O) groups is 2. The van der Waals surface area contributed by atoms with E-state index in [1.807, 2.05) is 6.92 Å². The predicted octanol–water partition coefficient (Wildman–Crippen LogP) is -0.590. The van der Waals surface area contributed by atoms with Crippen LogP contribution in [0.2, 0.25) is 0 Å². The first-order valence-corrected chi connectivity index (χ1v) is 12.2. The van der Waals surface area contributed by atoms with E-state index in [9.17, 15) is 18.0 Å². The fraction of sp³-hybridized carbons (Fsp3) is 0.737. The number of aliphatic imine (C=N–C) groups is 1. The van der Waals surface area contributed by atoms with Crippen molar-refractivity contribution in [1.29, 1.82) is 0 Å². The van der Waals surface area contributed by atoms with Gasteiger partial charge in [0.1, 0.15) is 9.84 Å². The van der Waals surface area contributed by atoms with Crippen molar-refractivity contribution in [3.05, 3.63) is 12.2 Å². The second-order valence-electron chi connectivity index (χ2n) is 7.76. The lowest BCUT2D eigenvalue weighted by molar-refractivity contribution is -0.140. The Morgan fingerprint density at radius 3 is 2.41 bits per heavy atom. The van der Waals surface area contributed by atoms with Crippen LogP contribution in [-0.2, 0) is 24.2 Å². The SMILES string of the molecule is CCNC(=NCCOCCS(C)(=O)=O)NCCN1C(=O)C2C3C=CC(C3)C2C1=O. The molecule has 4 atom stereocenters. The first-order chi connectivity index (χ1) is 13.8. The van der Waals surface area contributed by atoms with E-state index in [0.717, 1.165) is 6.42 Å². The Bertz CT molecular complexity index is 764. The predicted molar refractivity (Wildman–Crippen MR) is 109 cm³/mol. The molecular weight excluding hydrogens is 396 g/mol. The molecule has 3 rings (SSSR count). The minimum Gasteiger partial charge on any atom is -0.378 e. The highest BCUT2D eigenvalue weighted by Gasteiger charge is 2.58. The monoisotopic (exact) mass is 426 g/mol. The molecule has 10 heteroatoms. The molecule has 1 saturated heterocycles. The molecule has 9 nitrogen and oxygen atoms in total. The molecule has 1 aliphatic heterocycles. The van der Waals surface area contributed by atoms with E-state index in [1.165, 1.54) is 11.2 Å². The van der Waals surface area contributed by atoms with Crippen LogP contribution < -0.4 is 10.6 Å². The van der Waals surface area contributed by atoms with Crippen LogP contribution in [0.15, 0.2) is 17.1 Å². The van der Waals surface area contributed by atoms with Crippen LogP contribution in [0.5, 0.6) is 0 Å². The lowest BCUT2D eigenvalue weighted by atomic mass is 9.85. The highest BCUT2D eigenvalue weighted by molar-refractivity contribution is 7.90. The number of carbonyl (C=O) groups excluding carboxylic acids is 2. The van der Waals surface area contributed by atoms with Crippen molar-refractivity contribution < 1.29 is 22.7 Å². The van der Waals surface area contributed by atoms with Crippen molar-refractivity contribution in [2.45, 2.75) is 13.3 Å². The summed E-state index contributed by atoms with van der Waals surface area (Å²) in [5.41, 5.74) is 0. The van der Waals surface area contributed by atoms with E-state index in [4.69, 9.17) is 4.74 Å². The maximum absolute atomic E-state index is 12.7. The summed E-state index contributed by atoms with van der Waals surface area (Å²) in [5, 5.41) is 6.23. The van der Waals surface area contributed by atoms with Gasteiger partial charge in [0, 0.05) is 25.9 Å². The average molecular weight is 427 g/mol. The standard InChI is InChI=1S/C19H30N4O5S/c1-3-20-19(22-7-9-28-10-11-29(2,26)27)21-6-8-23-17(24)15-13-4-5-14(12-13)16(15)18(23)25/h4-5,13-16H,3,6-12H2,1-2H3,(H2,20,21,22). The number of amides is 2. The Morgan fingerprint density at radius 2 is 1.83 bits per heavy atom. The zero-order valence-corrected chi connectivity index (χ0v) is 17.8. The number of allylic oxidation sites excluding steroid dienone is 2. The van der Waals surface area contributed by atoms with Gasteiger partial charge in [-0.25, -0.2) is 8.42 Å². The van der Waals surface area contributed by atoms with Gasteiger partial charge in [0.15, 0.2) is 5.96 Å². The molecule has 0 aromatic rings. The molecule has 0 aromatic heterocycles. The normalized spacial score (nSPS) is 28.3. The second-order valence-corrected chi connectivity index (χ2v) is 10.0. The van der Waals surface area contributed by atoms with Crippen LogP contribution in [-0.4, -0.2) is 82.5 Å². The summed E-state index contributed by atoms with van der Waals surface area (Å²) in [6, 6.07) is 0. The molecule has 0 radical (unpaired) electrons. The van der Waals surface area contributed by atoms with E-state index in [1.54, 1.807) is 0 Å². The van der Waals surface area contributed by atoms with Crippen LogP contribution in [0.4, 0.5) is 0 Å². The Morgan fingerprint density at radius 1 is 1.17 bits per heavy atom. The summed E-state index contributed by atoms with van der Waals surface area (Å²) in [5.74, 6) is 0.598. The molecule has 0 aromatic carbocycles. The van der Waals surface area contributed by atoms with Crippen molar-refractivity contribution >= 4 is 27.6 Å². The first kappa shape index (κ1) is 21.8. The van der Waals surface area contributed by atoms with Gasteiger partial charge in [-0.05, 0) is 25.2 Å². The number of nitrogens with one attached hydrogen (secondary N) is 2. The third kappa shape index (κ3) is 5.16. The van der Waals surface area contributed by atoms with Crippen LogP contribution in [0.3, 0.4) is 0 Å². The molecule has 162 valence electrons. The van der Waals surface area contributed by atoms with Gasteiger partial charge in [0.2, 0.25) is 11.8 Å². The highest BCUT2D eigenvalue weighted by Crippen LogP contribution is 2.52. The van der Waals surface area contributed by atoms with Gasteiger partial charge in [0.05, 0.1) is 37.3 Å². The number of fused-ring (bicyclic) bond motifs is 5. The smallest absolute Gasteiger partial charge is 0.233 e. The molecule has 1 heterocycles. The van der Waals surface area contributed by atoms with Gasteiger partial charge in [-0.2, -0.15) is 0 Å². The number of sulfone groups is 1. The summed E-state index contributed by atoms with van der Waals surface area (Å²) in [4.78, 5) is 31.1. The van der Waals surface area contributed by atoms with Gasteiger partial charge in [0.25, 0.3) is 0 Å². The Labute approximate surface area is 171 Å². The maximum atomic E-state index is 12.7. The van der Waals surface area contributed by atoms with Crippen LogP contribution >= 0.6 is 0 Å². The molecule has 2 amide bonds. The fourth-order valence-corrected chi connectivity index (χ4v) is 4.77. The zero-order valence-electron chi connectivity index (χ0n) is 17.0. The molecule has 29 heavy (non-hydrogen) atoms. The van der Waals surface area contributed by atoms with Crippen molar-refractivity contribution in [3.63, 3.8) is 0 Å². The van der Waals surface area contributed by atoms with Crippen molar-refractivity contribution in [3.8, 4) is 0 Å². The Kier molecular flexibility index (Phi) is 6.94. The molecule has 0 spiro atoms. The average Bonchev–Trinajstić information content (AvgIpc) is 3.33. The quantitative estimate of drug-likeness (QED) is 0.158. The number of likely N-dealkylation sites (tertiary alicyclic amines) is 1. The number of rotatable bonds is 10. The molecule has 3 aliphatic rings. The molecule has 1 saturated carbocycles. The molecule has 2 fully saturated rings.